The van der Waals surface area contributed by atoms with Gasteiger partial charge in [-0.15, -0.1) is 11.3 Å². The Morgan fingerprint density at radius 2 is 1.86 bits per heavy atom. The normalized spacial score (nSPS) is 17.2. The first-order chi connectivity index (χ1) is 13.8. The minimum absolute atomic E-state index is 0.0352. The van der Waals surface area contributed by atoms with Crippen molar-refractivity contribution in [2.24, 2.45) is 5.92 Å². The monoisotopic (exact) mass is 436 g/mol. The first-order valence-electron chi connectivity index (χ1n) is 9.34. The molecule has 1 unspecified atom stereocenters. The lowest BCUT2D eigenvalue weighted by Gasteiger charge is -2.32. The Kier molecular flexibility index (Phi) is 6.71. The highest BCUT2D eigenvalue weighted by atomic mass is 32.2. The van der Waals surface area contributed by atoms with Crippen LogP contribution in [0.4, 0.5) is 0 Å². The molecule has 0 bridgehead atoms. The summed E-state index contributed by atoms with van der Waals surface area (Å²) >= 11 is 1.11. The second-order valence-corrected chi connectivity index (χ2v) is 9.93. The zero-order chi connectivity index (χ0) is 21.0. The fraction of sp³-hybridized carbons (Fsp3) is 0.400. The number of aryl methyl sites for hydroxylation is 1. The van der Waals surface area contributed by atoms with Gasteiger partial charge in [0.05, 0.1) is 16.9 Å². The quantitative estimate of drug-likeness (QED) is 0.703. The molecule has 1 aromatic heterocycles. The molecule has 9 heteroatoms. The maximum Gasteiger partial charge on any atom is 0.348 e. The van der Waals surface area contributed by atoms with E-state index in [1.54, 1.807) is 41.3 Å². The van der Waals surface area contributed by atoms with E-state index in [1.807, 2.05) is 6.92 Å². The minimum atomic E-state index is -3.58. The molecule has 1 aliphatic rings. The number of carbonyl (C=O) groups is 2. The lowest BCUT2D eigenvalue weighted by atomic mass is 9.98. The molecule has 1 aliphatic heterocycles. The van der Waals surface area contributed by atoms with E-state index in [0.717, 1.165) is 29.7 Å². The SMILES string of the molecule is COC(=O)c1ccc(C(=O)N2CCCC(CNS(=O)(=O)c3ccc(C)cc3)C2)s1. The van der Waals surface area contributed by atoms with E-state index in [-0.39, 0.29) is 23.3 Å². The summed E-state index contributed by atoms with van der Waals surface area (Å²) in [4.78, 5) is 27.2. The van der Waals surface area contributed by atoms with Crippen molar-refractivity contribution < 1.29 is 22.7 Å². The Bertz CT molecular complexity index is 983. The molecule has 2 heterocycles. The lowest BCUT2D eigenvalue weighted by Crippen LogP contribution is -2.43. The number of nitrogens with zero attached hydrogens (tertiary/aromatic N) is 1. The third-order valence-corrected chi connectivity index (χ3v) is 7.40. The van der Waals surface area contributed by atoms with Gasteiger partial charge in [-0.25, -0.2) is 17.9 Å². The van der Waals surface area contributed by atoms with Crippen LogP contribution in [0.25, 0.3) is 0 Å². The van der Waals surface area contributed by atoms with Gasteiger partial charge in [0.15, 0.2) is 0 Å². The van der Waals surface area contributed by atoms with Crippen molar-refractivity contribution in [3.8, 4) is 0 Å². The van der Waals surface area contributed by atoms with Crippen LogP contribution in [0, 0.1) is 12.8 Å². The maximum absolute atomic E-state index is 12.8. The molecule has 0 aliphatic carbocycles. The fourth-order valence-corrected chi connectivity index (χ4v) is 5.27. The van der Waals surface area contributed by atoms with Crippen LogP contribution < -0.4 is 4.72 Å². The molecule has 1 N–H and O–H groups in total. The predicted octanol–water partition coefficient (Wildman–Crippen LogP) is 2.67. The Labute approximate surface area is 174 Å². The van der Waals surface area contributed by atoms with Crippen LogP contribution in [-0.4, -0.2) is 51.9 Å². The number of methoxy groups -OCH3 is 1. The first-order valence-corrected chi connectivity index (χ1v) is 11.6. The van der Waals surface area contributed by atoms with Crippen LogP contribution in [0.5, 0.6) is 0 Å². The molecule has 1 fully saturated rings. The van der Waals surface area contributed by atoms with Gasteiger partial charge in [0.2, 0.25) is 10.0 Å². The molecule has 3 rings (SSSR count). The number of piperidine rings is 1. The molecule has 0 spiro atoms. The number of likely N-dealkylation sites (tertiary alicyclic amines) is 1. The molecule has 1 atom stereocenters. The van der Waals surface area contributed by atoms with Gasteiger partial charge in [-0.05, 0) is 49.9 Å². The van der Waals surface area contributed by atoms with Crippen LogP contribution in [0.3, 0.4) is 0 Å². The van der Waals surface area contributed by atoms with Crippen LogP contribution in [0.2, 0.25) is 0 Å². The zero-order valence-electron chi connectivity index (χ0n) is 16.4. The summed E-state index contributed by atoms with van der Waals surface area (Å²) in [5.41, 5.74) is 0.995. The predicted molar refractivity (Wildman–Crippen MR) is 111 cm³/mol. The molecule has 7 nitrogen and oxygen atoms in total. The molecule has 0 radical (unpaired) electrons. The highest BCUT2D eigenvalue weighted by Crippen LogP contribution is 2.23. The number of benzene rings is 1. The number of carbonyl (C=O) groups excluding carboxylic acids is 2. The number of esters is 1. The van der Waals surface area contributed by atoms with Gasteiger partial charge in [-0.2, -0.15) is 0 Å². The smallest absolute Gasteiger partial charge is 0.348 e. The first kappa shape index (κ1) is 21.5. The number of amides is 1. The molecule has 1 aromatic carbocycles. The van der Waals surface area contributed by atoms with Crippen LogP contribution in [0.15, 0.2) is 41.3 Å². The average molecular weight is 437 g/mol. The van der Waals surface area contributed by atoms with Crippen LogP contribution >= 0.6 is 11.3 Å². The molecule has 2 aromatic rings. The van der Waals surface area contributed by atoms with E-state index < -0.39 is 16.0 Å². The lowest BCUT2D eigenvalue weighted by molar-refractivity contribution is 0.0606. The highest BCUT2D eigenvalue weighted by Gasteiger charge is 2.27. The average Bonchev–Trinajstić information content (AvgIpc) is 3.22. The van der Waals surface area contributed by atoms with E-state index in [0.29, 0.717) is 22.8 Å². The Balaban J connectivity index is 1.60. The minimum Gasteiger partial charge on any atom is -0.465 e. The molecule has 0 saturated carbocycles. The van der Waals surface area contributed by atoms with Crippen molar-refractivity contribution in [2.45, 2.75) is 24.7 Å². The molecular weight excluding hydrogens is 412 g/mol. The molecule has 29 heavy (non-hydrogen) atoms. The molecule has 156 valence electrons. The standard InChI is InChI=1S/C20H24N2O5S2/c1-14-5-7-16(8-6-14)29(25,26)21-12-15-4-3-11-22(13-15)19(23)17-9-10-18(28-17)20(24)27-2/h5-10,15,21H,3-4,11-13H2,1-2H3. The largest absolute Gasteiger partial charge is 0.465 e. The third kappa shape index (κ3) is 5.23. The molecule has 1 saturated heterocycles. The van der Waals surface area contributed by atoms with Gasteiger partial charge < -0.3 is 9.64 Å². The van der Waals surface area contributed by atoms with Crippen molar-refractivity contribution >= 4 is 33.2 Å². The maximum atomic E-state index is 12.8. The van der Waals surface area contributed by atoms with Crippen molar-refractivity contribution in [1.82, 2.24) is 9.62 Å². The Morgan fingerprint density at radius 1 is 1.17 bits per heavy atom. The molecule has 1 amide bonds. The second-order valence-electron chi connectivity index (χ2n) is 7.08. The van der Waals surface area contributed by atoms with Gasteiger partial charge in [-0.1, -0.05) is 17.7 Å². The van der Waals surface area contributed by atoms with Crippen molar-refractivity contribution in [3.63, 3.8) is 0 Å². The summed E-state index contributed by atoms with van der Waals surface area (Å²) in [6.45, 7) is 3.27. The van der Waals surface area contributed by atoms with E-state index in [1.165, 1.54) is 7.11 Å². The summed E-state index contributed by atoms with van der Waals surface area (Å²) in [5, 5.41) is 0. The fourth-order valence-electron chi connectivity index (χ4n) is 3.26. The summed E-state index contributed by atoms with van der Waals surface area (Å²) in [5.74, 6) is -0.569. The summed E-state index contributed by atoms with van der Waals surface area (Å²) in [7, 11) is -2.28. The van der Waals surface area contributed by atoms with Crippen molar-refractivity contribution in [3.05, 3.63) is 51.7 Å². The summed E-state index contributed by atoms with van der Waals surface area (Å²) in [6, 6.07) is 9.91. The number of hydrogen-bond acceptors (Lipinski definition) is 6. The van der Waals surface area contributed by atoms with E-state index in [9.17, 15) is 18.0 Å². The number of rotatable bonds is 6. The molecular formula is C20H24N2O5S2. The second kappa shape index (κ2) is 9.06. The number of ether oxygens (including phenoxy) is 1. The van der Waals surface area contributed by atoms with Crippen molar-refractivity contribution in [2.75, 3.05) is 26.7 Å². The number of nitrogens with one attached hydrogen (secondary N) is 1. The van der Waals surface area contributed by atoms with E-state index >= 15 is 0 Å². The Morgan fingerprint density at radius 3 is 2.55 bits per heavy atom. The van der Waals surface area contributed by atoms with Crippen molar-refractivity contribution in [1.29, 1.82) is 0 Å². The van der Waals surface area contributed by atoms with E-state index in [2.05, 4.69) is 9.46 Å². The van der Waals surface area contributed by atoms with Gasteiger partial charge in [0, 0.05) is 19.6 Å². The van der Waals surface area contributed by atoms with E-state index in [4.69, 9.17) is 0 Å². The zero-order valence-corrected chi connectivity index (χ0v) is 18.0. The Hall–Kier alpha value is -2.23. The summed E-state index contributed by atoms with van der Waals surface area (Å²) in [6.07, 6.45) is 1.65. The third-order valence-electron chi connectivity index (χ3n) is 4.90. The van der Waals surface area contributed by atoms with Crippen LogP contribution in [0.1, 0.15) is 37.7 Å². The van der Waals surface area contributed by atoms with Gasteiger partial charge in [-0.3, -0.25) is 4.79 Å². The van der Waals surface area contributed by atoms with Gasteiger partial charge in [0.1, 0.15) is 4.88 Å². The summed E-state index contributed by atoms with van der Waals surface area (Å²) < 4.78 is 32.3. The number of sulfonamides is 1. The highest BCUT2D eigenvalue weighted by molar-refractivity contribution is 7.89. The number of hydrogen-bond donors (Lipinski definition) is 1. The topological polar surface area (TPSA) is 92.8 Å². The number of thiophene rings is 1. The van der Waals surface area contributed by atoms with Gasteiger partial charge >= 0.3 is 5.97 Å². The van der Waals surface area contributed by atoms with Crippen LogP contribution in [-0.2, 0) is 14.8 Å². The van der Waals surface area contributed by atoms with Gasteiger partial charge in [0.25, 0.3) is 5.91 Å².